The number of azo groups is 1. The Morgan fingerprint density at radius 1 is 1.07 bits per heavy atom. The Labute approximate surface area is 245 Å². The normalized spacial score (nSPS) is 12.3. The summed E-state index contributed by atoms with van der Waals surface area (Å²) in [5.74, 6) is -1.35. The summed E-state index contributed by atoms with van der Waals surface area (Å²) < 4.78 is 29.0. The predicted molar refractivity (Wildman–Crippen MR) is 161 cm³/mol. The average Bonchev–Trinajstić information content (AvgIpc) is 2.97. The molecule has 222 valence electrons. The number of unbranched alkanes of at least 4 members (excludes halogenated alkanes) is 1. The zero-order valence-corrected chi connectivity index (χ0v) is 24.9. The van der Waals surface area contributed by atoms with E-state index in [2.05, 4.69) is 22.0 Å². The summed E-state index contributed by atoms with van der Waals surface area (Å²) in [7, 11) is -3.98. The molecule has 1 unspecified atom stereocenters. The van der Waals surface area contributed by atoms with Crippen LogP contribution in [-0.2, 0) is 16.6 Å². The number of aromatic nitrogens is 1. The van der Waals surface area contributed by atoms with Crippen molar-refractivity contribution in [2.24, 2.45) is 16.1 Å². The second-order valence-corrected chi connectivity index (χ2v) is 11.7. The number of hydrogen-bond donors (Lipinski definition) is 2. The van der Waals surface area contributed by atoms with E-state index in [1.54, 1.807) is 6.92 Å². The van der Waals surface area contributed by atoms with Crippen molar-refractivity contribution in [1.29, 1.82) is 0 Å². The van der Waals surface area contributed by atoms with Crippen LogP contribution in [0.4, 0.5) is 22.7 Å². The molecule has 2 N–H and O–H groups in total. The number of sulfonamides is 1. The molecular formula is C30H35N5O6S. The van der Waals surface area contributed by atoms with Crippen molar-refractivity contribution in [1.82, 2.24) is 4.57 Å². The average molecular weight is 594 g/mol. The van der Waals surface area contributed by atoms with Crippen molar-refractivity contribution in [3.63, 3.8) is 0 Å². The van der Waals surface area contributed by atoms with E-state index in [9.17, 15) is 23.1 Å². The summed E-state index contributed by atoms with van der Waals surface area (Å²) >= 11 is 0. The summed E-state index contributed by atoms with van der Waals surface area (Å²) in [5, 5.41) is 28.1. The van der Waals surface area contributed by atoms with Crippen molar-refractivity contribution in [3.8, 4) is 5.88 Å². The number of carboxylic acid groups (broad SMARTS) is 1. The molecule has 0 aliphatic carbocycles. The quantitative estimate of drug-likeness (QED) is 0.162. The number of aromatic carboxylic acids is 1. The van der Waals surface area contributed by atoms with Crippen molar-refractivity contribution in [2.45, 2.75) is 64.8 Å². The molecule has 2 aromatic carbocycles. The minimum Gasteiger partial charge on any atom is -0.503 e. The lowest BCUT2D eigenvalue weighted by Crippen LogP contribution is -2.30. The lowest BCUT2D eigenvalue weighted by atomic mass is 9.99. The maximum absolute atomic E-state index is 13.3. The highest BCUT2D eigenvalue weighted by Crippen LogP contribution is 2.35. The zero-order valence-electron chi connectivity index (χ0n) is 24.1. The molecule has 0 amide bonds. The Morgan fingerprint density at radius 3 is 2.24 bits per heavy atom. The van der Waals surface area contributed by atoms with Crippen LogP contribution >= 0.6 is 0 Å². The highest BCUT2D eigenvalue weighted by atomic mass is 32.2. The number of pyridine rings is 1. The van der Waals surface area contributed by atoms with Crippen molar-refractivity contribution in [2.75, 3.05) is 10.8 Å². The van der Waals surface area contributed by atoms with Gasteiger partial charge in [0.15, 0.2) is 5.88 Å². The first-order valence-electron chi connectivity index (χ1n) is 13.7. The van der Waals surface area contributed by atoms with Gasteiger partial charge < -0.3 is 10.2 Å². The predicted octanol–water partition coefficient (Wildman–Crippen LogP) is 6.96. The minimum atomic E-state index is -3.98. The Balaban J connectivity index is 1.93. The fourth-order valence-corrected chi connectivity index (χ4v) is 6.04. The van der Waals surface area contributed by atoms with Crippen molar-refractivity contribution >= 4 is 38.7 Å². The number of nitrogens with zero attached hydrogens (tertiary/aromatic N) is 5. The highest BCUT2D eigenvalue weighted by Gasteiger charge is 2.24. The van der Waals surface area contributed by atoms with Gasteiger partial charge in [0.2, 0.25) is 5.69 Å². The SMILES string of the molecule is [C-]#[N+]c1c(C)c(N=Nc2ccc(S(=O)(=O)N(CC)c3ccc(C(=O)O)cc3)cc2)c(=O)n(CC(CC)CCCC)c1O. The summed E-state index contributed by atoms with van der Waals surface area (Å²) in [6.45, 7) is 15.2. The van der Waals surface area contributed by atoms with E-state index in [-0.39, 0.29) is 58.0 Å². The van der Waals surface area contributed by atoms with Gasteiger partial charge in [-0.1, -0.05) is 33.1 Å². The van der Waals surface area contributed by atoms with Gasteiger partial charge in [-0.05, 0) is 80.3 Å². The Kier molecular flexibility index (Phi) is 10.6. The van der Waals surface area contributed by atoms with Crippen molar-refractivity contribution < 1.29 is 23.4 Å². The number of hydrogen-bond acceptors (Lipinski definition) is 7. The third-order valence-electron chi connectivity index (χ3n) is 7.10. The van der Waals surface area contributed by atoms with E-state index in [1.165, 1.54) is 60.0 Å². The molecule has 0 spiro atoms. The van der Waals surface area contributed by atoms with Crippen LogP contribution in [0.1, 0.15) is 62.4 Å². The van der Waals surface area contributed by atoms with E-state index in [4.69, 9.17) is 11.7 Å². The lowest BCUT2D eigenvalue weighted by Gasteiger charge is -2.23. The molecule has 42 heavy (non-hydrogen) atoms. The molecule has 1 aromatic heterocycles. The molecule has 0 fully saturated rings. The first kappa shape index (κ1) is 32.0. The van der Waals surface area contributed by atoms with E-state index < -0.39 is 21.6 Å². The molecule has 1 heterocycles. The zero-order chi connectivity index (χ0) is 31.0. The third-order valence-corrected chi connectivity index (χ3v) is 9.02. The summed E-state index contributed by atoms with van der Waals surface area (Å²) in [5.41, 5.74) is 0.168. The summed E-state index contributed by atoms with van der Waals surface area (Å²) in [4.78, 5) is 27.9. The van der Waals surface area contributed by atoms with Gasteiger partial charge >= 0.3 is 5.97 Å². The van der Waals surface area contributed by atoms with E-state index in [0.29, 0.717) is 5.69 Å². The van der Waals surface area contributed by atoms with Gasteiger partial charge in [0.1, 0.15) is 5.69 Å². The first-order valence-corrected chi connectivity index (χ1v) is 15.2. The smallest absolute Gasteiger partial charge is 0.335 e. The molecule has 0 bridgehead atoms. The largest absolute Gasteiger partial charge is 0.503 e. The maximum Gasteiger partial charge on any atom is 0.335 e. The van der Waals surface area contributed by atoms with Crippen molar-refractivity contribution in [3.05, 3.63) is 81.4 Å². The Bertz CT molecular complexity index is 1660. The van der Waals surface area contributed by atoms with Gasteiger partial charge in [-0.25, -0.2) is 18.1 Å². The van der Waals surface area contributed by atoms with Crippen LogP contribution in [0.2, 0.25) is 0 Å². The maximum atomic E-state index is 13.3. The second kappa shape index (κ2) is 13.9. The van der Waals surface area contributed by atoms with Crippen LogP contribution in [0, 0.1) is 19.4 Å². The number of aromatic hydroxyl groups is 1. The fourth-order valence-electron chi connectivity index (χ4n) is 4.57. The number of anilines is 1. The fraction of sp³-hybridized carbons (Fsp3) is 0.367. The molecule has 11 nitrogen and oxygen atoms in total. The summed E-state index contributed by atoms with van der Waals surface area (Å²) in [6, 6.07) is 11.2. The van der Waals surface area contributed by atoms with E-state index in [0.717, 1.165) is 30.0 Å². The van der Waals surface area contributed by atoms with Gasteiger partial charge in [-0.2, -0.15) is 5.11 Å². The van der Waals surface area contributed by atoms with Gasteiger partial charge in [-0.15, -0.1) is 5.11 Å². The molecule has 0 saturated carbocycles. The lowest BCUT2D eigenvalue weighted by molar-refractivity contribution is 0.0697. The number of rotatable bonds is 13. The van der Waals surface area contributed by atoms with Crippen LogP contribution < -0.4 is 9.86 Å². The van der Waals surface area contributed by atoms with Crippen LogP contribution in [0.25, 0.3) is 4.85 Å². The first-order chi connectivity index (χ1) is 20.0. The van der Waals surface area contributed by atoms with E-state index in [1.807, 2.05) is 6.92 Å². The van der Waals surface area contributed by atoms with Crippen LogP contribution in [0.3, 0.4) is 0 Å². The molecule has 0 radical (unpaired) electrons. The monoisotopic (exact) mass is 593 g/mol. The molecule has 0 saturated heterocycles. The Hall–Kier alpha value is -4.50. The van der Waals surface area contributed by atoms with Gasteiger partial charge in [0.05, 0.1) is 28.4 Å². The molecular weight excluding hydrogens is 558 g/mol. The third kappa shape index (κ3) is 6.86. The number of benzene rings is 2. The molecule has 0 aliphatic rings. The van der Waals surface area contributed by atoms with Crippen LogP contribution in [-0.4, -0.2) is 35.7 Å². The van der Waals surface area contributed by atoms with Gasteiger partial charge in [0.25, 0.3) is 15.6 Å². The molecule has 1 atom stereocenters. The number of carbonyl (C=O) groups is 1. The van der Waals surface area contributed by atoms with Gasteiger partial charge in [0, 0.05) is 13.1 Å². The van der Waals surface area contributed by atoms with E-state index >= 15 is 0 Å². The van der Waals surface area contributed by atoms with Crippen LogP contribution in [0.15, 0.2) is 68.4 Å². The standard InChI is InChI=1S/C30H35N5O6S/c1-6-9-10-21(7-2)19-34-28(36)26(31-5)20(4)27(29(34)37)33-32-23-13-17-25(18-14-23)42(40,41)35(8-3)24-15-11-22(12-16-24)30(38)39/h11-18,21,36H,6-10,19H2,1-4H3,(H,38,39). The van der Waals surface area contributed by atoms with Crippen LogP contribution in [0.5, 0.6) is 5.88 Å². The Morgan fingerprint density at radius 2 is 1.71 bits per heavy atom. The van der Waals surface area contributed by atoms with Gasteiger partial charge in [-0.3, -0.25) is 13.7 Å². The summed E-state index contributed by atoms with van der Waals surface area (Å²) in [6.07, 6.45) is 3.69. The second-order valence-electron chi connectivity index (χ2n) is 9.81. The highest BCUT2D eigenvalue weighted by molar-refractivity contribution is 7.92. The topological polar surface area (TPSA) is 146 Å². The molecule has 3 aromatic rings. The number of carboxylic acids is 1. The molecule has 12 heteroatoms. The minimum absolute atomic E-state index is 0.0123. The molecule has 0 aliphatic heterocycles. The molecule has 3 rings (SSSR count).